The second kappa shape index (κ2) is 11.6. The minimum Gasteiger partial charge on any atom is -0.461 e. The lowest BCUT2D eigenvalue weighted by atomic mass is 9.94. The van der Waals surface area contributed by atoms with Crippen molar-refractivity contribution in [3.8, 4) is 17.3 Å². The van der Waals surface area contributed by atoms with Gasteiger partial charge in [-0.2, -0.15) is 15.1 Å². The molecule has 6 bridgehead atoms. The average Bonchev–Trinajstić information content (AvgIpc) is 3.71. The van der Waals surface area contributed by atoms with E-state index in [0.717, 1.165) is 37.8 Å². The fourth-order valence-corrected chi connectivity index (χ4v) is 8.29. The van der Waals surface area contributed by atoms with Crippen LogP contribution >= 0.6 is 11.6 Å². The molecule has 5 aliphatic heterocycles. The summed E-state index contributed by atoms with van der Waals surface area (Å²) < 4.78 is 43.8. The Labute approximate surface area is 264 Å². The fraction of sp³-hybridized carbons (Fsp3) is 0.562. The van der Waals surface area contributed by atoms with E-state index in [1.54, 1.807) is 12.4 Å². The maximum Gasteiger partial charge on any atom is 0.319 e. The van der Waals surface area contributed by atoms with Gasteiger partial charge in [-0.15, -0.1) is 0 Å². The summed E-state index contributed by atoms with van der Waals surface area (Å²) in [5.74, 6) is -0.107. The highest BCUT2D eigenvalue weighted by Crippen LogP contribution is 2.42. The average molecular weight is 640 g/mol. The summed E-state index contributed by atoms with van der Waals surface area (Å²) in [6, 6.07) is 1.84. The maximum absolute atomic E-state index is 17.0. The molecule has 0 amide bonds. The SMILES string of the molecule is O[C@H]1C[C@H]2COCCCCc3c(Cl)cc4[nH]ncc4c3-c3ncc4c(nc(OC[C@]56CCCN5C[C@H](F)C6)nc4c3F)N(C1)C2. The van der Waals surface area contributed by atoms with Gasteiger partial charge in [0, 0.05) is 60.7 Å². The van der Waals surface area contributed by atoms with E-state index in [1.165, 1.54) is 0 Å². The van der Waals surface area contributed by atoms with E-state index >= 15 is 4.39 Å². The highest BCUT2D eigenvalue weighted by Gasteiger charge is 2.49. The van der Waals surface area contributed by atoms with E-state index < -0.39 is 23.6 Å². The first kappa shape index (κ1) is 29.2. The van der Waals surface area contributed by atoms with Gasteiger partial charge in [-0.3, -0.25) is 15.0 Å². The predicted molar refractivity (Wildman–Crippen MR) is 166 cm³/mol. The van der Waals surface area contributed by atoms with Crippen LogP contribution in [-0.2, 0) is 11.2 Å². The summed E-state index contributed by atoms with van der Waals surface area (Å²) in [5, 5.41) is 19.7. The molecule has 45 heavy (non-hydrogen) atoms. The molecule has 3 aromatic heterocycles. The molecule has 2 N–H and O–H groups in total. The Morgan fingerprint density at radius 3 is 2.98 bits per heavy atom. The van der Waals surface area contributed by atoms with E-state index in [9.17, 15) is 9.50 Å². The molecule has 9 rings (SSSR count). The number of aliphatic hydroxyl groups excluding tert-OH is 1. The number of aromatic nitrogens is 5. The smallest absolute Gasteiger partial charge is 0.319 e. The second-order valence-corrected chi connectivity index (χ2v) is 13.5. The van der Waals surface area contributed by atoms with Crippen LogP contribution in [0.4, 0.5) is 14.6 Å². The van der Waals surface area contributed by atoms with Crippen molar-refractivity contribution < 1.29 is 23.4 Å². The van der Waals surface area contributed by atoms with Gasteiger partial charge in [0.2, 0.25) is 0 Å². The molecule has 238 valence electrons. The number of H-pyrrole nitrogens is 1. The molecule has 0 radical (unpaired) electrons. The molecule has 3 fully saturated rings. The topological polar surface area (TPSA) is 113 Å². The van der Waals surface area contributed by atoms with Gasteiger partial charge in [0.15, 0.2) is 5.82 Å². The molecule has 0 aliphatic carbocycles. The maximum atomic E-state index is 17.0. The number of hydrogen-bond acceptors (Lipinski definition) is 9. The summed E-state index contributed by atoms with van der Waals surface area (Å²) in [6.45, 7) is 3.40. The van der Waals surface area contributed by atoms with Gasteiger partial charge < -0.3 is 19.5 Å². The number of hydrogen-bond donors (Lipinski definition) is 2. The van der Waals surface area contributed by atoms with Crippen molar-refractivity contribution in [2.75, 3.05) is 50.9 Å². The third-order valence-corrected chi connectivity index (χ3v) is 10.4. The molecular weight excluding hydrogens is 604 g/mol. The van der Waals surface area contributed by atoms with Crippen molar-refractivity contribution in [3.05, 3.63) is 34.9 Å². The number of ether oxygens (including phenoxy) is 2. The molecule has 5 aliphatic rings. The van der Waals surface area contributed by atoms with E-state index in [4.69, 9.17) is 26.1 Å². The number of pyridine rings is 1. The van der Waals surface area contributed by atoms with Crippen LogP contribution in [-0.4, -0.2) is 99.0 Å². The van der Waals surface area contributed by atoms with Crippen molar-refractivity contribution in [1.29, 1.82) is 0 Å². The second-order valence-electron chi connectivity index (χ2n) is 13.1. The minimum absolute atomic E-state index is 0.0193. The van der Waals surface area contributed by atoms with E-state index in [-0.39, 0.29) is 29.7 Å². The lowest BCUT2D eigenvalue weighted by molar-refractivity contribution is 0.0564. The highest BCUT2D eigenvalue weighted by molar-refractivity contribution is 6.33. The first-order valence-electron chi connectivity index (χ1n) is 15.9. The van der Waals surface area contributed by atoms with Crippen LogP contribution in [0.25, 0.3) is 33.1 Å². The summed E-state index contributed by atoms with van der Waals surface area (Å²) >= 11 is 6.81. The fourth-order valence-electron chi connectivity index (χ4n) is 7.99. The number of aromatic amines is 1. The highest BCUT2D eigenvalue weighted by atomic mass is 35.5. The van der Waals surface area contributed by atoms with Gasteiger partial charge in [-0.05, 0) is 56.7 Å². The van der Waals surface area contributed by atoms with Crippen LogP contribution in [0.2, 0.25) is 5.02 Å². The van der Waals surface area contributed by atoms with Crippen LogP contribution < -0.4 is 9.64 Å². The van der Waals surface area contributed by atoms with Crippen LogP contribution in [0.5, 0.6) is 6.01 Å². The Morgan fingerprint density at radius 1 is 1.16 bits per heavy atom. The molecule has 3 saturated heterocycles. The third-order valence-electron chi connectivity index (χ3n) is 10.0. The Balaban J connectivity index is 1.29. The number of nitrogens with zero attached hydrogens (tertiary/aromatic N) is 6. The van der Waals surface area contributed by atoms with Crippen LogP contribution in [0.3, 0.4) is 0 Å². The van der Waals surface area contributed by atoms with Gasteiger partial charge in [0.05, 0.1) is 35.3 Å². The van der Waals surface area contributed by atoms with Gasteiger partial charge in [-0.1, -0.05) is 11.6 Å². The lowest BCUT2D eigenvalue weighted by Gasteiger charge is -2.37. The standard InChI is InChI=1S/C32H36ClF2N7O3/c33-24-9-25-22(12-37-40-25)26-21(24)4-1-2-7-44-16-18-8-20(43)15-41(13-18)30-23-11-36-29(26)27(35)28(23)38-31(39-30)45-17-32-5-3-6-42(32)14-19(34)10-32/h9,11-12,18-20,43H,1-8,10,13-17H2,(H,37,40)/t18-,19-,20+,32-/m1/s1. The van der Waals surface area contributed by atoms with Crippen LogP contribution in [0.1, 0.15) is 44.1 Å². The summed E-state index contributed by atoms with van der Waals surface area (Å²) in [6.07, 6.45) is 6.75. The molecule has 0 spiro atoms. The first-order valence-corrected chi connectivity index (χ1v) is 16.3. The zero-order valence-electron chi connectivity index (χ0n) is 24.9. The molecule has 13 heteroatoms. The molecule has 4 aromatic rings. The van der Waals surface area contributed by atoms with E-state index in [0.29, 0.717) is 84.8 Å². The van der Waals surface area contributed by atoms with E-state index in [1.807, 2.05) is 11.0 Å². The zero-order chi connectivity index (χ0) is 30.7. The van der Waals surface area contributed by atoms with Crippen molar-refractivity contribution in [2.24, 2.45) is 5.92 Å². The monoisotopic (exact) mass is 639 g/mol. The molecule has 10 nitrogen and oxygen atoms in total. The number of benzene rings is 1. The number of fused-ring (bicyclic) bond motifs is 8. The van der Waals surface area contributed by atoms with Gasteiger partial charge >= 0.3 is 6.01 Å². The third kappa shape index (κ3) is 5.19. The quantitative estimate of drug-likeness (QED) is 0.325. The normalized spacial score (nSPS) is 27.5. The predicted octanol–water partition coefficient (Wildman–Crippen LogP) is 4.86. The molecule has 8 heterocycles. The molecule has 0 saturated carbocycles. The Kier molecular flexibility index (Phi) is 7.51. The molecule has 4 atom stereocenters. The van der Waals surface area contributed by atoms with Gasteiger partial charge in [0.1, 0.15) is 29.8 Å². The summed E-state index contributed by atoms with van der Waals surface area (Å²) in [5.41, 5.74) is 1.83. The van der Waals surface area contributed by atoms with Crippen molar-refractivity contribution in [1.82, 2.24) is 30.0 Å². The Morgan fingerprint density at radius 2 is 2.07 bits per heavy atom. The molecule has 1 aromatic carbocycles. The summed E-state index contributed by atoms with van der Waals surface area (Å²) in [7, 11) is 0. The van der Waals surface area contributed by atoms with Crippen LogP contribution in [0, 0.1) is 11.7 Å². The largest absolute Gasteiger partial charge is 0.461 e. The number of alkyl halides is 1. The minimum atomic E-state index is -0.902. The Bertz CT molecular complexity index is 1760. The molecule has 0 unspecified atom stereocenters. The van der Waals surface area contributed by atoms with Gasteiger partial charge in [-0.25, -0.2) is 8.78 Å². The van der Waals surface area contributed by atoms with E-state index in [2.05, 4.69) is 25.1 Å². The van der Waals surface area contributed by atoms with Crippen molar-refractivity contribution in [2.45, 2.75) is 62.8 Å². The Hall–Kier alpha value is -3.19. The number of nitrogens with one attached hydrogen (secondary N) is 1. The zero-order valence-corrected chi connectivity index (χ0v) is 25.7. The van der Waals surface area contributed by atoms with Crippen molar-refractivity contribution >= 4 is 39.2 Å². The number of aliphatic hydroxyl groups is 1. The number of anilines is 1. The lowest BCUT2D eigenvalue weighted by Crippen LogP contribution is -2.45. The van der Waals surface area contributed by atoms with Crippen LogP contribution in [0.15, 0.2) is 18.5 Å². The number of piperidine rings is 1. The van der Waals surface area contributed by atoms with Crippen molar-refractivity contribution in [3.63, 3.8) is 0 Å². The van der Waals surface area contributed by atoms with Gasteiger partial charge in [0.25, 0.3) is 0 Å². The molecular formula is C32H36ClF2N7O3. The number of halogens is 3. The number of rotatable bonds is 3. The first-order chi connectivity index (χ1) is 21.9. The summed E-state index contributed by atoms with van der Waals surface area (Å²) in [4.78, 5) is 18.2.